The minimum Gasteiger partial charge on any atom is -0.314 e. The normalized spacial score (nSPS) is 24.3. The minimum absolute atomic E-state index is 0. The molecule has 1 heterocycles. The zero-order valence-electron chi connectivity index (χ0n) is 5.00. The summed E-state index contributed by atoms with van der Waals surface area (Å²) in [5.41, 5.74) is 0. The van der Waals surface area contributed by atoms with Crippen LogP contribution in [0.1, 0.15) is 6.42 Å². The summed E-state index contributed by atoms with van der Waals surface area (Å²) in [4.78, 5) is 4.55. The van der Waals surface area contributed by atoms with Crippen LogP contribution in [0.5, 0.6) is 0 Å². The van der Waals surface area contributed by atoms with Gasteiger partial charge in [0.15, 0.2) is 0 Å². The molecule has 5 heteroatoms. The van der Waals surface area contributed by atoms with Crippen LogP contribution in [0.25, 0.3) is 0 Å². The molecule has 3 N–H and O–H groups in total. The highest BCUT2D eigenvalue weighted by atomic mass is 35.5. The van der Waals surface area contributed by atoms with Gasteiger partial charge in [0, 0.05) is 6.54 Å². The van der Waals surface area contributed by atoms with E-state index in [0.717, 1.165) is 19.5 Å². The predicted octanol–water partition coefficient (Wildman–Crippen LogP) is 0.0822. The first-order chi connectivity index (χ1) is 3.43. The Hall–Kier alpha value is 0.460. The standard InChI is InChI=1S/C4H10N2O.2ClH/c5-7-4-1-2-6-3-4;;/h4,6H,1-3,5H2;2*1H/t4-;;/m0../s1. The Morgan fingerprint density at radius 1 is 1.44 bits per heavy atom. The number of rotatable bonds is 1. The van der Waals surface area contributed by atoms with Gasteiger partial charge in [0.1, 0.15) is 0 Å². The van der Waals surface area contributed by atoms with E-state index >= 15 is 0 Å². The summed E-state index contributed by atoms with van der Waals surface area (Å²) in [7, 11) is 0. The molecular weight excluding hydrogens is 163 g/mol. The van der Waals surface area contributed by atoms with Crippen LogP contribution in [0, 0.1) is 0 Å². The van der Waals surface area contributed by atoms with E-state index in [1.54, 1.807) is 0 Å². The molecule has 0 radical (unpaired) electrons. The highest BCUT2D eigenvalue weighted by Crippen LogP contribution is 1.97. The quantitative estimate of drug-likeness (QED) is 0.555. The van der Waals surface area contributed by atoms with E-state index in [2.05, 4.69) is 10.2 Å². The molecule has 0 aromatic heterocycles. The Morgan fingerprint density at radius 3 is 2.33 bits per heavy atom. The molecule has 1 atom stereocenters. The monoisotopic (exact) mass is 174 g/mol. The SMILES string of the molecule is Cl.Cl.NO[C@H]1CCNC1. The fourth-order valence-electron chi connectivity index (χ4n) is 0.744. The van der Waals surface area contributed by atoms with Crippen molar-refractivity contribution in [3.05, 3.63) is 0 Å². The average Bonchev–Trinajstić information content (AvgIpc) is 2.14. The van der Waals surface area contributed by atoms with Crippen LogP contribution in [0.15, 0.2) is 0 Å². The lowest BCUT2D eigenvalue weighted by Crippen LogP contribution is -2.19. The third-order valence-corrected chi connectivity index (χ3v) is 1.21. The summed E-state index contributed by atoms with van der Waals surface area (Å²) >= 11 is 0. The smallest absolute Gasteiger partial charge is 0.0923 e. The van der Waals surface area contributed by atoms with E-state index in [9.17, 15) is 0 Å². The van der Waals surface area contributed by atoms with Crippen LogP contribution in [0.4, 0.5) is 0 Å². The molecule has 0 aliphatic carbocycles. The fourth-order valence-corrected chi connectivity index (χ4v) is 0.744. The van der Waals surface area contributed by atoms with Gasteiger partial charge in [-0.3, -0.25) is 4.84 Å². The van der Waals surface area contributed by atoms with Gasteiger partial charge in [-0.05, 0) is 13.0 Å². The van der Waals surface area contributed by atoms with Crippen LogP contribution in [-0.4, -0.2) is 19.2 Å². The van der Waals surface area contributed by atoms with Crippen molar-refractivity contribution < 1.29 is 4.84 Å². The Bertz CT molecular complexity index is 58.5. The van der Waals surface area contributed by atoms with E-state index in [4.69, 9.17) is 5.90 Å². The molecule has 1 rings (SSSR count). The van der Waals surface area contributed by atoms with Crippen LogP contribution in [0.3, 0.4) is 0 Å². The second-order valence-corrected chi connectivity index (χ2v) is 1.75. The molecule has 0 aromatic carbocycles. The van der Waals surface area contributed by atoms with Gasteiger partial charge in [-0.1, -0.05) is 0 Å². The Morgan fingerprint density at radius 2 is 2.11 bits per heavy atom. The lowest BCUT2D eigenvalue weighted by molar-refractivity contribution is 0.0678. The summed E-state index contributed by atoms with van der Waals surface area (Å²) in [6, 6.07) is 0. The van der Waals surface area contributed by atoms with Crippen LogP contribution >= 0.6 is 24.8 Å². The van der Waals surface area contributed by atoms with E-state index in [0.29, 0.717) is 0 Å². The third-order valence-electron chi connectivity index (χ3n) is 1.21. The first-order valence-electron chi connectivity index (χ1n) is 2.50. The molecule has 1 fully saturated rings. The van der Waals surface area contributed by atoms with Gasteiger partial charge in [-0.2, -0.15) is 0 Å². The van der Waals surface area contributed by atoms with E-state index < -0.39 is 0 Å². The average molecular weight is 175 g/mol. The molecule has 3 nitrogen and oxygen atoms in total. The molecule has 0 unspecified atom stereocenters. The first kappa shape index (κ1) is 12.2. The molecule has 1 saturated heterocycles. The van der Waals surface area contributed by atoms with Gasteiger partial charge < -0.3 is 5.32 Å². The Labute approximate surface area is 67.1 Å². The van der Waals surface area contributed by atoms with Gasteiger partial charge in [0.2, 0.25) is 0 Å². The van der Waals surface area contributed by atoms with Gasteiger partial charge in [0.25, 0.3) is 0 Å². The summed E-state index contributed by atoms with van der Waals surface area (Å²) in [6.45, 7) is 1.96. The predicted molar refractivity (Wildman–Crippen MR) is 41.0 cm³/mol. The van der Waals surface area contributed by atoms with Crippen LogP contribution in [0.2, 0.25) is 0 Å². The van der Waals surface area contributed by atoms with Crippen molar-refractivity contribution in [2.75, 3.05) is 13.1 Å². The third kappa shape index (κ3) is 3.95. The van der Waals surface area contributed by atoms with Gasteiger partial charge >= 0.3 is 0 Å². The molecule has 0 saturated carbocycles. The zero-order chi connectivity index (χ0) is 5.11. The van der Waals surface area contributed by atoms with Gasteiger partial charge in [-0.15, -0.1) is 24.8 Å². The number of hydrogen-bond donors (Lipinski definition) is 2. The minimum atomic E-state index is 0. The number of nitrogens with one attached hydrogen (secondary N) is 1. The molecule has 0 spiro atoms. The summed E-state index contributed by atoms with van der Waals surface area (Å²) in [5.74, 6) is 4.89. The van der Waals surface area contributed by atoms with Crippen molar-refractivity contribution >= 4 is 24.8 Å². The lowest BCUT2D eigenvalue weighted by Gasteiger charge is -2.00. The summed E-state index contributed by atoms with van der Waals surface area (Å²) < 4.78 is 0. The topological polar surface area (TPSA) is 47.3 Å². The first-order valence-corrected chi connectivity index (χ1v) is 2.50. The molecule has 0 aromatic rings. The molecule has 1 aliphatic rings. The summed E-state index contributed by atoms with van der Waals surface area (Å²) in [6.07, 6.45) is 1.32. The maximum Gasteiger partial charge on any atom is 0.0923 e. The molecule has 1 aliphatic heterocycles. The van der Waals surface area contributed by atoms with Crippen molar-refractivity contribution in [2.24, 2.45) is 5.90 Å². The van der Waals surface area contributed by atoms with E-state index in [-0.39, 0.29) is 30.9 Å². The number of hydrogen-bond acceptors (Lipinski definition) is 3. The Kier molecular flexibility index (Phi) is 8.89. The summed E-state index contributed by atoms with van der Waals surface area (Å²) in [5, 5.41) is 3.12. The molecule has 0 amide bonds. The molecule has 9 heavy (non-hydrogen) atoms. The maximum atomic E-state index is 4.89. The Balaban J connectivity index is 0. The highest BCUT2D eigenvalue weighted by molar-refractivity contribution is 5.85. The number of nitrogens with two attached hydrogens (primary N) is 1. The van der Waals surface area contributed by atoms with Crippen LogP contribution < -0.4 is 11.2 Å². The van der Waals surface area contributed by atoms with Crippen molar-refractivity contribution in [1.82, 2.24) is 5.32 Å². The van der Waals surface area contributed by atoms with E-state index in [1.807, 2.05) is 0 Å². The fraction of sp³-hybridized carbons (Fsp3) is 1.00. The maximum absolute atomic E-state index is 4.89. The molecular formula is C4H12Cl2N2O. The van der Waals surface area contributed by atoms with Crippen molar-refractivity contribution in [2.45, 2.75) is 12.5 Å². The largest absolute Gasteiger partial charge is 0.314 e. The van der Waals surface area contributed by atoms with Crippen molar-refractivity contribution in [3.63, 3.8) is 0 Å². The molecule has 0 bridgehead atoms. The van der Waals surface area contributed by atoms with Crippen molar-refractivity contribution in [1.29, 1.82) is 0 Å². The zero-order valence-corrected chi connectivity index (χ0v) is 6.63. The number of halogens is 2. The van der Waals surface area contributed by atoms with Crippen LogP contribution in [-0.2, 0) is 4.84 Å². The second kappa shape index (κ2) is 6.58. The molecule has 58 valence electrons. The highest BCUT2D eigenvalue weighted by Gasteiger charge is 2.12. The lowest BCUT2D eigenvalue weighted by atomic mass is 10.3. The van der Waals surface area contributed by atoms with Gasteiger partial charge in [-0.25, -0.2) is 5.90 Å². The second-order valence-electron chi connectivity index (χ2n) is 1.75. The van der Waals surface area contributed by atoms with E-state index in [1.165, 1.54) is 0 Å². The van der Waals surface area contributed by atoms with Gasteiger partial charge in [0.05, 0.1) is 6.10 Å². The van der Waals surface area contributed by atoms with Crippen molar-refractivity contribution in [3.8, 4) is 0 Å².